The van der Waals surface area contributed by atoms with Gasteiger partial charge in [-0.05, 0) is 66.1 Å². The van der Waals surface area contributed by atoms with Gasteiger partial charge in [0.2, 0.25) is 11.1 Å². The number of benzene rings is 4. The van der Waals surface area contributed by atoms with Crippen LogP contribution in [0.15, 0.2) is 120 Å². The van der Waals surface area contributed by atoms with Crippen molar-refractivity contribution in [1.29, 1.82) is 0 Å². The molecule has 0 fully saturated rings. The van der Waals surface area contributed by atoms with Crippen LogP contribution in [0.5, 0.6) is 5.75 Å². The van der Waals surface area contributed by atoms with Crippen molar-refractivity contribution in [1.82, 2.24) is 14.8 Å². The van der Waals surface area contributed by atoms with E-state index in [-0.39, 0.29) is 5.91 Å². The van der Waals surface area contributed by atoms with Crippen molar-refractivity contribution in [3.05, 3.63) is 141 Å². The molecule has 43 heavy (non-hydrogen) atoms. The lowest BCUT2D eigenvalue weighted by Crippen LogP contribution is -2.31. The number of halogens is 2. The number of carbonyl (C=O) groups is 1. The number of fused-ring (bicyclic) bond motifs is 1. The van der Waals surface area contributed by atoms with Crippen LogP contribution in [0.2, 0.25) is 10.0 Å². The number of thioether (sulfide) groups is 1. The van der Waals surface area contributed by atoms with Crippen LogP contribution in [0, 0.1) is 0 Å². The summed E-state index contributed by atoms with van der Waals surface area (Å²) < 4.78 is 7.90. The fourth-order valence-electron chi connectivity index (χ4n) is 4.79. The van der Waals surface area contributed by atoms with Gasteiger partial charge in [-0.1, -0.05) is 95.6 Å². The molecule has 1 aromatic heterocycles. The topological polar surface area (TPSA) is 81.1 Å². The standard InChI is InChI=1S/C33H27Cl2N5O2S/c1-21-29(31(41)37-26-10-3-2-4-11-26)30(23-9-7-12-27(18-23)42-19-22-14-16-25(34)17-15-22)40-32(36-21)38-33(39-40)43-20-24-8-5-6-13-28(24)35/h2-18,30H,19-20H2,1H3,(H,37,41)(H,36,38,39). The van der Waals surface area contributed by atoms with Gasteiger partial charge in [-0.3, -0.25) is 4.79 Å². The van der Waals surface area contributed by atoms with E-state index in [4.69, 9.17) is 38.0 Å². The zero-order chi connectivity index (χ0) is 29.8. The normalized spacial score (nSPS) is 14.2. The van der Waals surface area contributed by atoms with Gasteiger partial charge >= 0.3 is 0 Å². The van der Waals surface area contributed by atoms with Gasteiger partial charge in [0.15, 0.2) is 0 Å². The Balaban J connectivity index is 1.32. The van der Waals surface area contributed by atoms with E-state index in [1.807, 2.05) is 110 Å². The predicted octanol–water partition coefficient (Wildman–Crippen LogP) is 8.38. The molecule has 0 saturated carbocycles. The minimum atomic E-state index is -0.554. The SMILES string of the molecule is CC1=C(C(=O)Nc2ccccc2)C(c2cccc(OCc3ccc(Cl)cc3)c2)n2nc(SCc3ccccc3Cl)nc2N1. The first-order chi connectivity index (χ1) is 20.9. The smallest absolute Gasteiger partial charge is 0.255 e. The van der Waals surface area contributed by atoms with Crippen LogP contribution >= 0.6 is 35.0 Å². The molecule has 216 valence electrons. The molecule has 1 unspecified atom stereocenters. The summed E-state index contributed by atoms with van der Waals surface area (Å²) in [4.78, 5) is 18.6. The molecule has 2 heterocycles. The number of ether oxygens (including phenoxy) is 1. The van der Waals surface area contributed by atoms with Crippen LogP contribution in [0.4, 0.5) is 11.6 Å². The van der Waals surface area contributed by atoms with Gasteiger partial charge < -0.3 is 15.4 Å². The monoisotopic (exact) mass is 627 g/mol. The van der Waals surface area contributed by atoms with E-state index in [0.717, 1.165) is 16.7 Å². The van der Waals surface area contributed by atoms with E-state index < -0.39 is 6.04 Å². The zero-order valence-electron chi connectivity index (χ0n) is 23.1. The first-order valence-electron chi connectivity index (χ1n) is 13.6. The summed E-state index contributed by atoms with van der Waals surface area (Å²) in [6.45, 7) is 2.25. The van der Waals surface area contributed by atoms with Crippen molar-refractivity contribution >= 4 is 52.5 Å². The summed E-state index contributed by atoms with van der Waals surface area (Å²) in [5, 5.41) is 13.1. The zero-order valence-corrected chi connectivity index (χ0v) is 25.5. The van der Waals surface area contributed by atoms with Crippen LogP contribution in [0.3, 0.4) is 0 Å². The third kappa shape index (κ3) is 6.72. The fraction of sp³-hybridized carbons (Fsp3) is 0.121. The Morgan fingerprint density at radius 1 is 0.977 bits per heavy atom. The molecule has 1 aliphatic rings. The Labute approximate surface area is 263 Å². The molecule has 5 aromatic rings. The second-order valence-electron chi connectivity index (χ2n) is 9.92. The summed E-state index contributed by atoms with van der Waals surface area (Å²) in [6.07, 6.45) is 0. The number of hydrogen-bond acceptors (Lipinski definition) is 6. The lowest BCUT2D eigenvalue weighted by molar-refractivity contribution is -0.113. The Kier molecular flexibility index (Phi) is 8.69. The molecule has 1 atom stereocenters. The number of hydrogen-bond donors (Lipinski definition) is 2. The second kappa shape index (κ2) is 13.0. The van der Waals surface area contributed by atoms with Crippen molar-refractivity contribution in [2.24, 2.45) is 0 Å². The molecule has 0 bridgehead atoms. The quantitative estimate of drug-likeness (QED) is 0.160. The number of aromatic nitrogens is 3. The third-order valence-corrected chi connectivity index (χ3v) is 8.42. The van der Waals surface area contributed by atoms with E-state index in [1.165, 1.54) is 11.8 Å². The maximum absolute atomic E-state index is 13.8. The second-order valence-corrected chi connectivity index (χ2v) is 11.7. The summed E-state index contributed by atoms with van der Waals surface area (Å²) in [6, 6.07) is 31.8. The van der Waals surface area contributed by atoms with Gasteiger partial charge in [-0.25, -0.2) is 4.68 Å². The highest BCUT2D eigenvalue weighted by molar-refractivity contribution is 7.98. The number of para-hydroxylation sites is 1. The molecular weight excluding hydrogens is 601 g/mol. The molecule has 6 rings (SSSR count). The Morgan fingerprint density at radius 3 is 2.53 bits per heavy atom. The van der Waals surface area contributed by atoms with E-state index in [1.54, 1.807) is 4.68 Å². The van der Waals surface area contributed by atoms with E-state index in [2.05, 4.69) is 10.6 Å². The van der Waals surface area contributed by atoms with Crippen molar-refractivity contribution in [3.8, 4) is 5.75 Å². The minimum Gasteiger partial charge on any atom is -0.489 e. The summed E-state index contributed by atoms with van der Waals surface area (Å²) in [5.41, 5.74) is 4.74. The average molecular weight is 629 g/mol. The number of nitrogens with one attached hydrogen (secondary N) is 2. The number of rotatable bonds is 9. The number of anilines is 2. The van der Waals surface area contributed by atoms with Crippen LogP contribution < -0.4 is 15.4 Å². The Hall–Kier alpha value is -4.24. The fourth-order valence-corrected chi connectivity index (χ4v) is 6.04. The maximum atomic E-state index is 13.8. The van der Waals surface area contributed by atoms with E-state index in [0.29, 0.717) is 56.2 Å². The van der Waals surface area contributed by atoms with Gasteiger partial charge in [-0.15, -0.1) is 5.10 Å². The summed E-state index contributed by atoms with van der Waals surface area (Å²) in [7, 11) is 0. The van der Waals surface area contributed by atoms with Crippen molar-refractivity contribution in [2.75, 3.05) is 10.6 Å². The predicted molar refractivity (Wildman–Crippen MR) is 173 cm³/mol. The molecule has 1 aliphatic heterocycles. The molecule has 1 amide bonds. The highest BCUT2D eigenvalue weighted by Crippen LogP contribution is 2.38. The number of amides is 1. The molecule has 2 N–H and O–H groups in total. The maximum Gasteiger partial charge on any atom is 0.255 e. The molecule has 0 radical (unpaired) electrons. The average Bonchev–Trinajstić information content (AvgIpc) is 3.42. The third-order valence-electron chi connectivity index (χ3n) is 6.92. The first kappa shape index (κ1) is 28.9. The molecule has 0 saturated heterocycles. The lowest BCUT2D eigenvalue weighted by atomic mass is 9.95. The molecule has 4 aromatic carbocycles. The highest BCUT2D eigenvalue weighted by atomic mass is 35.5. The molecular formula is C33H27Cl2N5O2S. The molecule has 10 heteroatoms. The lowest BCUT2D eigenvalue weighted by Gasteiger charge is -2.29. The first-order valence-corrected chi connectivity index (χ1v) is 15.3. The van der Waals surface area contributed by atoms with Crippen LogP contribution in [-0.4, -0.2) is 20.7 Å². The van der Waals surface area contributed by atoms with Gasteiger partial charge in [0, 0.05) is 27.2 Å². The largest absolute Gasteiger partial charge is 0.489 e. The van der Waals surface area contributed by atoms with Gasteiger partial charge in [-0.2, -0.15) is 4.98 Å². The van der Waals surface area contributed by atoms with Gasteiger partial charge in [0.25, 0.3) is 5.91 Å². The Bertz CT molecular complexity index is 1790. The van der Waals surface area contributed by atoms with E-state index in [9.17, 15) is 4.79 Å². The summed E-state index contributed by atoms with van der Waals surface area (Å²) >= 11 is 13.9. The Morgan fingerprint density at radius 2 is 1.74 bits per heavy atom. The highest BCUT2D eigenvalue weighted by Gasteiger charge is 2.34. The summed E-state index contributed by atoms with van der Waals surface area (Å²) in [5.74, 6) is 1.59. The van der Waals surface area contributed by atoms with Gasteiger partial charge in [0.1, 0.15) is 18.4 Å². The number of allylic oxidation sites excluding steroid dienone is 1. The number of carbonyl (C=O) groups excluding carboxylic acids is 1. The van der Waals surface area contributed by atoms with Crippen molar-refractivity contribution < 1.29 is 9.53 Å². The minimum absolute atomic E-state index is 0.236. The van der Waals surface area contributed by atoms with Gasteiger partial charge in [0.05, 0.1) is 5.57 Å². The molecule has 7 nitrogen and oxygen atoms in total. The van der Waals surface area contributed by atoms with Crippen LogP contribution in [-0.2, 0) is 17.2 Å². The van der Waals surface area contributed by atoms with Crippen molar-refractivity contribution in [2.45, 2.75) is 30.5 Å². The van der Waals surface area contributed by atoms with E-state index >= 15 is 0 Å². The molecule has 0 aliphatic carbocycles. The van der Waals surface area contributed by atoms with Crippen molar-refractivity contribution in [3.63, 3.8) is 0 Å². The van der Waals surface area contributed by atoms with Crippen LogP contribution in [0.25, 0.3) is 0 Å². The molecule has 0 spiro atoms. The van der Waals surface area contributed by atoms with Crippen LogP contribution in [0.1, 0.15) is 29.7 Å². The number of nitrogens with zero attached hydrogens (tertiary/aromatic N) is 3.